The smallest absolute Gasteiger partial charge is 0.200 e. The van der Waals surface area contributed by atoms with Crippen LogP contribution in [0.1, 0.15) is 17.5 Å². The number of rotatable bonds is 2. The molecule has 0 radical (unpaired) electrons. The summed E-state index contributed by atoms with van der Waals surface area (Å²) in [6.07, 6.45) is -0.104. The molecule has 0 bridgehead atoms. The standard InChI is InChI=1S/C20H10Cl4F2O2/c21-14-15(22)17(28)20(24)18(9-19(20,23)16(14)27,10-1-5-12(25)6-2-10)11-3-7-13(26)8-4-11/h1-8H,9H2/t19-,20-/m0/s1. The molecule has 2 aromatic carbocycles. The maximum absolute atomic E-state index is 13.5. The fourth-order valence-electron chi connectivity index (χ4n) is 4.21. The van der Waals surface area contributed by atoms with E-state index in [2.05, 4.69) is 0 Å². The molecule has 4 rings (SSSR count). The van der Waals surface area contributed by atoms with Crippen LogP contribution in [0.2, 0.25) is 0 Å². The van der Waals surface area contributed by atoms with Crippen LogP contribution in [0.25, 0.3) is 0 Å². The third-order valence-corrected chi connectivity index (χ3v) is 7.90. The second kappa shape index (κ2) is 6.27. The number of alkyl halides is 2. The van der Waals surface area contributed by atoms with Crippen LogP contribution in [0, 0.1) is 11.6 Å². The van der Waals surface area contributed by atoms with Gasteiger partial charge in [0, 0.05) is 0 Å². The lowest BCUT2D eigenvalue weighted by atomic mass is 9.44. The maximum Gasteiger partial charge on any atom is 0.200 e. The summed E-state index contributed by atoms with van der Waals surface area (Å²) in [6.45, 7) is 0. The molecule has 2 aliphatic carbocycles. The fraction of sp³-hybridized carbons (Fsp3) is 0.200. The Morgan fingerprint density at radius 2 is 1.11 bits per heavy atom. The molecule has 2 aromatic rings. The van der Waals surface area contributed by atoms with Crippen molar-refractivity contribution in [2.24, 2.45) is 0 Å². The Bertz CT molecular complexity index is 1000. The van der Waals surface area contributed by atoms with Crippen molar-refractivity contribution in [2.75, 3.05) is 0 Å². The highest BCUT2D eigenvalue weighted by molar-refractivity contribution is 6.67. The van der Waals surface area contributed by atoms with Gasteiger partial charge in [-0.3, -0.25) is 9.59 Å². The van der Waals surface area contributed by atoms with Crippen molar-refractivity contribution < 1.29 is 18.4 Å². The first kappa shape index (κ1) is 19.8. The molecule has 144 valence electrons. The molecule has 1 saturated carbocycles. The summed E-state index contributed by atoms with van der Waals surface area (Å²) < 4.78 is 27.1. The first-order chi connectivity index (χ1) is 13.1. The Morgan fingerprint density at radius 3 is 1.54 bits per heavy atom. The van der Waals surface area contributed by atoms with E-state index in [1.165, 1.54) is 48.5 Å². The van der Waals surface area contributed by atoms with Crippen LogP contribution in [-0.4, -0.2) is 21.3 Å². The average molecular weight is 462 g/mol. The predicted octanol–water partition coefficient (Wildman–Crippen LogP) is 5.45. The molecule has 0 aliphatic heterocycles. The SMILES string of the molecule is O=C1C(Cl)=C(Cl)C(=O)[C@]2(Cl)C(c3ccc(F)cc3)(c3ccc(F)cc3)C[C@]12Cl. The van der Waals surface area contributed by atoms with Gasteiger partial charge in [0.2, 0.25) is 0 Å². The van der Waals surface area contributed by atoms with E-state index in [1.807, 2.05) is 0 Å². The number of carbonyl (C=O) groups is 2. The van der Waals surface area contributed by atoms with E-state index in [9.17, 15) is 18.4 Å². The summed E-state index contributed by atoms with van der Waals surface area (Å²) in [4.78, 5) is 22.1. The van der Waals surface area contributed by atoms with Crippen molar-refractivity contribution in [3.8, 4) is 0 Å². The summed E-state index contributed by atoms with van der Waals surface area (Å²) in [5.41, 5.74) is -0.465. The quantitative estimate of drug-likeness (QED) is 0.557. The lowest BCUT2D eigenvalue weighted by molar-refractivity contribution is -0.134. The first-order valence-electron chi connectivity index (χ1n) is 8.14. The highest BCUT2D eigenvalue weighted by atomic mass is 35.5. The normalized spacial score (nSPS) is 28.8. The topological polar surface area (TPSA) is 34.1 Å². The van der Waals surface area contributed by atoms with Crippen LogP contribution in [0.15, 0.2) is 58.6 Å². The molecule has 0 spiro atoms. The van der Waals surface area contributed by atoms with Gasteiger partial charge in [-0.15, -0.1) is 23.2 Å². The van der Waals surface area contributed by atoms with Gasteiger partial charge in [-0.2, -0.15) is 0 Å². The molecule has 2 atom stereocenters. The molecule has 1 fully saturated rings. The van der Waals surface area contributed by atoms with Crippen molar-refractivity contribution in [1.29, 1.82) is 0 Å². The van der Waals surface area contributed by atoms with Gasteiger partial charge in [0.05, 0.1) is 5.41 Å². The molecule has 28 heavy (non-hydrogen) atoms. The molecule has 0 unspecified atom stereocenters. The van der Waals surface area contributed by atoms with Crippen LogP contribution >= 0.6 is 46.4 Å². The second-order valence-electron chi connectivity index (χ2n) is 6.84. The molecule has 0 N–H and O–H groups in total. The summed E-state index contributed by atoms with van der Waals surface area (Å²) in [7, 11) is 0. The van der Waals surface area contributed by atoms with Crippen LogP contribution in [0.5, 0.6) is 0 Å². The lowest BCUT2D eigenvalue weighted by Gasteiger charge is -2.65. The van der Waals surface area contributed by atoms with Gasteiger partial charge in [-0.25, -0.2) is 8.78 Å². The Balaban J connectivity index is 2.04. The van der Waals surface area contributed by atoms with Gasteiger partial charge in [0.25, 0.3) is 0 Å². The summed E-state index contributed by atoms with van der Waals surface area (Å²) in [5, 5.41) is -0.976. The molecule has 0 saturated heterocycles. The molecule has 2 nitrogen and oxygen atoms in total. The number of halogens is 6. The van der Waals surface area contributed by atoms with Gasteiger partial charge < -0.3 is 0 Å². The number of carbonyl (C=O) groups excluding carboxylic acids is 2. The predicted molar refractivity (Wildman–Crippen MR) is 104 cm³/mol. The zero-order valence-electron chi connectivity index (χ0n) is 13.9. The molecule has 0 heterocycles. The molecule has 0 amide bonds. The lowest BCUT2D eigenvalue weighted by Crippen LogP contribution is -2.80. The van der Waals surface area contributed by atoms with Crippen molar-refractivity contribution in [3.05, 3.63) is 81.4 Å². The number of hydrogen-bond donors (Lipinski definition) is 0. The van der Waals surface area contributed by atoms with E-state index < -0.39 is 48.4 Å². The van der Waals surface area contributed by atoms with Gasteiger partial charge in [0.1, 0.15) is 31.4 Å². The average Bonchev–Trinajstić information content (AvgIpc) is 2.69. The number of benzene rings is 2. The Hall–Kier alpha value is -1.46. The summed E-state index contributed by atoms with van der Waals surface area (Å²) in [5.74, 6) is -2.55. The molecule has 8 heteroatoms. The van der Waals surface area contributed by atoms with E-state index in [0.717, 1.165) is 0 Å². The van der Waals surface area contributed by atoms with Gasteiger partial charge >= 0.3 is 0 Å². The van der Waals surface area contributed by atoms with E-state index in [1.54, 1.807) is 0 Å². The highest BCUT2D eigenvalue weighted by Crippen LogP contribution is 2.70. The van der Waals surface area contributed by atoms with Gasteiger partial charge in [-0.1, -0.05) is 47.5 Å². The Labute approximate surface area is 179 Å². The van der Waals surface area contributed by atoms with E-state index >= 15 is 0 Å². The third-order valence-electron chi connectivity index (χ3n) is 5.58. The van der Waals surface area contributed by atoms with E-state index in [0.29, 0.717) is 11.1 Å². The number of Topliss-reactive ketones (excluding diaryl/α,β-unsaturated/α-hetero) is 2. The molecular weight excluding hydrogens is 452 g/mol. The Kier molecular flexibility index (Phi) is 4.44. The van der Waals surface area contributed by atoms with Crippen molar-refractivity contribution in [3.63, 3.8) is 0 Å². The van der Waals surface area contributed by atoms with Crippen LogP contribution in [-0.2, 0) is 15.0 Å². The first-order valence-corrected chi connectivity index (χ1v) is 9.65. The van der Waals surface area contributed by atoms with Crippen molar-refractivity contribution in [2.45, 2.75) is 21.6 Å². The monoisotopic (exact) mass is 460 g/mol. The van der Waals surface area contributed by atoms with E-state index in [-0.39, 0.29) is 6.42 Å². The minimum atomic E-state index is -2.02. The summed E-state index contributed by atoms with van der Waals surface area (Å²) >= 11 is 25.4. The van der Waals surface area contributed by atoms with E-state index in [4.69, 9.17) is 46.4 Å². The zero-order chi connectivity index (χ0) is 20.5. The second-order valence-corrected chi connectivity index (χ2v) is 8.81. The van der Waals surface area contributed by atoms with Gasteiger partial charge in [-0.05, 0) is 41.8 Å². The zero-order valence-corrected chi connectivity index (χ0v) is 16.9. The molecule has 2 aliphatic rings. The molecule has 0 aromatic heterocycles. The number of allylic oxidation sites excluding steroid dienone is 2. The van der Waals surface area contributed by atoms with Crippen LogP contribution in [0.4, 0.5) is 8.78 Å². The third kappa shape index (κ3) is 2.20. The van der Waals surface area contributed by atoms with Crippen LogP contribution in [0.3, 0.4) is 0 Å². The fourth-order valence-corrected chi connectivity index (χ4v) is 5.86. The number of fused-ring (bicyclic) bond motifs is 1. The minimum Gasteiger partial charge on any atom is -0.291 e. The Morgan fingerprint density at radius 1 is 0.714 bits per heavy atom. The number of hydrogen-bond acceptors (Lipinski definition) is 2. The number of ketones is 2. The summed E-state index contributed by atoms with van der Waals surface area (Å²) in [6, 6.07) is 10.6. The maximum atomic E-state index is 13.5. The highest BCUT2D eigenvalue weighted by Gasteiger charge is 2.82. The van der Waals surface area contributed by atoms with Gasteiger partial charge in [0.15, 0.2) is 11.6 Å². The van der Waals surface area contributed by atoms with Crippen LogP contribution < -0.4 is 0 Å². The van der Waals surface area contributed by atoms with Crippen molar-refractivity contribution >= 4 is 58.0 Å². The van der Waals surface area contributed by atoms with Crippen molar-refractivity contribution in [1.82, 2.24) is 0 Å². The minimum absolute atomic E-state index is 0.104. The largest absolute Gasteiger partial charge is 0.291 e. The molecular formula is C20H10Cl4F2O2.